The maximum atomic E-state index is 11.5. The van der Waals surface area contributed by atoms with E-state index in [2.05, 4.69) is 5.32 Å². The zero-order valence-electron chi connectivity index (χ0n) is 11.9. The first-order valence-corrected chi connectivity index (χ1v) is 8.28. The third kappa shape index (κ3) is 5.30. The fraction of sp³-hybridized carbons (Fsp3) is 0.500. The van der Waals surface area contributed by atoms with Crippen LogP contribution in [-0.2, 0) is 21.2 Å². The first-order valence-electron chi connectivity index (χ1n) is 6.74. The normalized spacial score (nSPS) is 12.9. The lowest BCUT2D eigenvalue weighted by Crippen LogP contribution is -2.29. The first-order chi connectivity index (χ1) is 9.34. The minimum absolute atomic E-state index is 0.0454. The van der Waals surface area contributed by atoms with Crippen LogP contribution in [0.2, 0.25) is 0 Å². The Balaban J connectivity index is 2.38. The van der Waals surface area contributed by atoms with Crippen LogP contribution < -0.4 is 10.5 Å². The summed E-state index contributed by atoms with van der Waals surface area (Å²) in [6, 6.07) is 6.50. The molecule has 1 rings (SSSR count). The molecule has 0 fully saturated rings. The smallest absolute Gasteiger partial charge is 0.238 e. The van der Waals surface area contributed by atoms with Gasteiger partial charge in [-0.15, -0.1) is 0 Å². The summed E-state index contributed by atoms with van der Waals surface area (Å²) in [6.07, 6.45) is 2.43. The van der Waals surface area contributed by atoms with Crippen molar-refractivity contribution < 1.29 is 13.2 Å². The van der Waals surface area contributed by atoms with Gasteiger partial charge in [0.1, 0.15) is 0 Å². The van der Waals surface area contributed by atoms with Crippen LogP contribution in [0.1, 0.15) is 32.3 Å². The molecule has 5 nitrogen and oxygen atoms in total. The fourth-order valence-electron chi connectivity index (χ4n) is 1.71. The Hall–Kier alpha value is -1.40. The molecule has 0 saturated carbocycles. The number of nitrogens with one attached hydrogen (secondary N) is 1. The van der Waals surface area contributed by atoms with Crippen molar-refractivity contribution in [3.63, 3.8) is 0 Å². The maximum Gasteiger partial charge on any atom is 0.238 e. The van der Waals surface area contributed by atoms with Crippen LogP contribution in [0.3, 0.4) is 0 Å². The fourth-order valence-corrected chi connectivity index (χ4v) is 2.22. The van der Waals surface area contributed by atoms with Gasteiger partial charge in [0.2, 0.25) is 15.9 Å². The highest BCUT2D eigenvalue weighted by atomic mass is 32.2. The highest BCUT2D eigenvalue weighted by Crippen LogP contribution is 2.10. The molecule has 0 radical (unpaired) electrons. The van der Waals surface area contributed by atoms with Gasteiger partial charge >= 0.3 is 0 Å². The molecule has 0 bridgehead atoms. The predicted molar refractivity (Wildman–Crippen MR) is 78.6 cm³/mol. The number of aryl methyl sites for hydroxylation is 1. The van der Waals surface area contributed by atoms with Crippen LogP contribution in [0.5, 0.6) is 0 Å². The van der Waals surface area contributed by atoms with Crippen molar-refractivity contribution in [1.82, 2.24) is 5.32 Å². The largest absolute Gasteiger partial charge is 0.356 e. The van der Waals surface area contributed by atoms with E-state index in [1.807, 2.05) is 13.8 Å². The van der Waals surface area contributed by atoms with Gasteiger partial charge in [-0.05, 0) is 37.0 Å². The maximum absolute atomic E-state index is 11.5. The standard InChI is InChI=1S/C14H22N2O3S/c1-3-11(2)14(17)16-10-4-5-12-6-8-13(9-7-12)20(15,18)19/h6-9,11H,3-5,10H2,1-2H3,(H,16,17)(H2,15,18,19). The molecule has 112 valence electrons. The van der Waals surface area contributed by atoms with Gasteiger partial charge in [-0.1, -0.05) is 26.0 Å². The van der Waals surface area contributed by atoms with E-state index in [0.29, 0.717) is 6.54 Å². The molecule has 1 aromatic rings. The summed E-state index contributed by atoms with van der Waals surface area (Å²) in [6.45, 7) is 4.51. The van der Waals surface area contributed by atoms with Gasteiger partial charge in [-0.3, -0.25) is 4.79 Å². The highest BCUT2D eigenvalue weighted by Gasteiger charge is 2.09. The number of carbonyl (C=O) groups excluding carboxylic acids is 1. The summed E-state index contributed by atoms with van der Waals surface area (Å²) in [5.41, 5.74) is 1.02. The molecular formula is C14H22N2O3S. The van der Waals surface area contributed by atoms with E-state index in [1.165, 1.54) is 12.1 Å². The molecular weight excluding hydrogens is 276 g/mol. The molecule has 0 heterocycles. The lowest BCUT2D eigenvalue weighted by atomic mass is 10.1. The minimum Gasteiger partial charge on any atom is -0.356 e. The molecule has 0 aromatic heterocycles. The molecule has 0 saturated heterocycles. The molecule has 0 spiro atoms. The van der Waals surface area contributed by atoms with Crippen molar-refractivity contribution in [2.45, 2.75) is 38.0 Å². The van der Waals surface area contributed by atoms with Crippen molar-refractivity contribution in [2.75, 3.05) is 6.54 Å². The van der Waals surface area contributed by atoms with E-state index in [4.69, 9.17) is 5.14 Å². The summed E-state index contributed by atoms with van der Waals surface area (Å²) >= 11 is 0. The Morgan fingerprint density at radius 2 is 1.90 bits per heavy atom. The molecule has 0 aliphatic rings. The van der Waals surface area contributed by atoms with Crippen LogP contribution in [0, 0.1) is 5.92 Å². The number of nitrogens with two attached hydrogens (primary N) is 1. The van der Waals surface area contributed by atoms with Gasteiger partial charge in [-0.25, -0.2) is 13.6 Å². The second-order valence-corrected chi connectivity index (χ2v) is 6.45. The van der Waals surface area contributed by atoms with Crippen LogP contribution in [0.15, 0.2) is 29.2 Å². The number of rotatable bonds is 7. The van der Waals surface area contributed by atoms with Gasteiger partial charge in [0, 0.05) is 12.5 Å². The van der Waals surface area contributed by atoms with Gasteiger partial charge < -0.3 is 5.32 Å². The monoisotopic (exact) mass is 298 g/mol. The minimum atomic E-state index is -3.63. The van der Waals surface area contributed by atoms with Gasteiger partial charge in [0.25, 0.3) is 0 Å². The Morgan fingerprint density at radius 1 is 1.30 bits per heavy atom. The molecule has 20 heavy (non-hydrogen) atoms. The average molecular weight is 298 g/mol. The van der Waals surface area contributed by atoms with Crippen LogP contribution >= 0.6 is 0 Å². The number of sulfonamides is 1. The van der Waals surface area contributed by atoms with E-state index in [0.717, 1.165) is 24.8 Å². The van der Waals surface area contributed by atoms with Crippen LogP contribution in [0.4, 0.5) is 0 Å². The van der Waals surface area contributed by atoms with E-state index >= 15 is 0 Å². The second-order valence-electron chi connectivity index (χ2n) is 4.89. The average Bonchev–Trinajstić information content (AvgIpc) is 2.42. The number of hydrogen-bond donors (Lipinski definition) is 2. The number of carbonyl (C=O) groups is 1. The number of amides is 1. The zero-order chi connectivity index (χ0) is 15.2. The third-order valence-corrected chi connectivity index (χ3v) is 4.18. The molecule has 1 amide bonds. The van der Waals surface area contributed by atoms with Crippen LogP contribution in [0.25, 0.3) is 0 Å². The van der Waals surface area contributed by atoms with E-state index < -0.39 is 10.0 Å². The second kappa shape index (κ2) is 7.40. The lowest BCUT2D eigenvalue weighted by Gasteiger charge is -2.09. The molecule has 1 unspecified atom stereocenters. The zero-order valence-corrected chi connectivity index (χ0v) is 12.7. The molecule has 6 heteroatoms. The van der Waals surface area contributed by atoms with Crippen molar-refractivity contribution in [3.05, 3.63) is 29.8 Å². The molecule has 1 atom stereocenters. The third-order valence-electron chi connectivity index (χ3n) is 3.25. The summed E-state index contributed by atoms with van der Waals surface area (Å²) in [7, 11) is -3.63. The SMILES string of the molecule is CCC(C)C(=O)NCCCc1ccc(S(N)(=O)=O)cc1. The van der Waals surface area contributed by atoms with Crippen molar-refractivity contribution in [3.8, 4) is 0 Å². The van der Waals surface area contributed by atoms with Crippen LogP contribution in [-0.4, -0.2) is 20.9 Å². The quantitative estimate of drug-likeness (QED) is 0.746. The highest BCUT2D eigenvalue weighted by molar-refractivity contribution is 7.89. The number of benzene rings is 1. The first kappa shape index (κ1) is 16.7. The van der Waals surface area contributed by atoms with Gasteiger partial charge in [0.15, 0.2) is 0 Å². The van der Waals surface area contributed by atoms with E-state index in [-0.39, 0.29) is 16.7 Å². The summed E-state index contributed by atoms with van der Waals surface area (Å²) in [5.74, 6) is 0.126. The Bertz CT molecular complexity index is 538. The summed E-state index contributed by atoms with van der Waals surface area (Å²) < 4.78 is 22.2. The van der Waals surface area contributed by atoms with Crippen molar-refractivity contribution in [2.24, 2.45) is 11.1 Å². The molecule has 3 N–H and O–H groups in total. The Kier molecular flexibility index (Phi) is 6.16. The summed E-state index contributed by atoms with van der Waals surface area (Å²) in [4.78, 5) is 11.7. The molecule has 0 aliphatic carbocycles. The predicted octanol–water partition coefficient (Wildman–Crippen LogP) is 1.43. The van der Waals surface area contributed by atoms with Gasteiger partial charge in [0.05, 0.1) is 4.90 Å². The van der Waals surface area contributed by atoms with Gasteiger partial charge in [-0.2, -0.15) is 0 Å². The molecule has 0 aliphatic heterocycles. The Labute approximate surface area is 120 Å². The molecule has 1 aromatic carbocycles. The number of primary sulfonamides is 1. The van der Waals surface area contributed by atoms with E-state index in [9.17, 15) is 13.2 Å². The topological polar surface area (TPSA) is 89.3 Å². The number of hydrogen-bond acceptors (Lipinski definition) is 3. The summed E-state index contributed by atoms with van der Waals surface area (Å²) in [5, 5.41) is 7.91. The Morgan fingerprint density at radius 3 is 2.40 bits per heavy atom. The van der Waals surface area contributed by atoms with E-state index in [1.54, 1.807) is 12.1 Å². The van der Waals surface area contributed by atoms with Crippen molar-refractivity contribution >= 4 is 15.9 Å². The lowest BCUT2D eigenvalue weighted by molar-refractivity contribution is -0.124. The van der Waals surface area contributed by atoms with Crippen molar-refractivity contribution in [1.29, 1.82) is 0 Å².